The van der Waals surface area contributed by atoms with Crippen LogP contribution in [-0.4, -0.2) is 25.3 Å². The van der Waals surface area contributed by atoms with Gasteiger partial charge in [-0.1, -0.05) is 10.3 Å². The lowest BCUT2D eigenvalue weighted by molar-refractivity contribution is 0.390. The Morgan fingerprint density at radius 3 is 2.74 bits per heavy atom. The third kappa shape index (κ3) is 3.21. The van der Waals surface area contributed by atoms with E-state index in [1.807, 2.05) is 0 Å². The van der Waals surface area contributed by atoms with Gasteiger partial charge in [-0.3, -0.25) is 0 Å². The molecule has 0 aliphatic carbocycles. The second-order valence-corrected chi connectivity index (χ2v) is 5.89. The Hall–Kier alpha value is -1.67. The molecule has 0 aromatic carbocycles. The number of hydrogen-bond acceptors (Lipinski definition) is 6. The normalized spacial score (nSPS) is 11.9. The van der Waals surface area contributed by atoms with Crippen molar-refractivity contribution in [3.8, 4) is 0 Å². The molecule has 2 aromatic rings. The molecule has 0 aliphatic heterocycles. The Morgan fingerprint density at radius 2 is 2.16 bits per heavy atom. The molecule has 8 heteroatoms. The summed E-state index contributed by atoms with van der Waals surface area (Å²) in [5, 5.41) is 7.22. The maximum absolute atomic E-state index is 12.1. The lowest BCUT2D eigenvalue weighted by Gasteiger charge is -2.05. The predicted molar refractivity (Wildman–Crippen MR) is 66.0 cm³/mol. The number of rotatable bonds is 6. The van der Waals surface area contributed by atoms with Crippen molar-refractivity contribution in [2.45, 2.75) is 31.6 Å². The first-order valence-electron chi connectivity index (χ1n) is 5.81. The van der Waals surface area contributed by atoms with E-state index in [0.29, 0.717) is 30.8 Å². The Labute approximate surface area is 111 Å². The van der Waals surface area contributed by atoms with Gasteiger partial charge < -0.3 is 9.05 Å². The summed E-state index contributed by atoms with van der Waals surface area (Å²) in [5.41, 5.74) is 1.31. The topological polar surface area (TPSA) is 98.2 Å². The standard InChI is InChI=1S/C11H15N3O4S/c1-8-11(9(2)18-14-8)19(15,16)13-5-3-4-10-6-12-17-7-10/h6-7,13H,3-5H2,1-2H3. The van der Waals surface area contributed by atoms with E-state index in [4.69, 9.17) is 9.05 Å². The van der Waals surface area contributed by atoms with Crippen LogP contribution in [0.5, 0.6) is 0 Å². The van der Waals surface area contributed by atoms with Crippen LogP contribution in [0.15, 0.2) is 26.4 Å². The number of sulfonamides is 1. The first-order chi connectivity index (χ1) is 9.00. The van der Waals surface area contributed by atoms with Crippen molar-refractivity contribution in [1.82, 2.24) is 15.0 Å². The second-order valence-electron chi connectivity index (χ2n) is 4.19. The van der Waals surface area contributed by atoms with Gasteiger partial charge in [0.1, 0.15) is 16.9 Å². The van der Waals surface area contributed by atoms with Crippen molar-refractivity contribution in [2.24, 2.45) is 0 Å². The molecule has 0 fully saturated rings. The first-order valence-corrected chi connectivity index (χ1v) is 7.30. The largest absolute Gasteiger partial charge is 0.364 e. The van der Waals surface area contributed by atoms with Crippen LogP contribution in [-0.2, 0) is 16.4 Å². The highest BCUT2D eigenvalue weighted by atomic mass is 32.2. The summed E-state index contributed by atoms with van der Waals surface area (Å²) in [5.74, 6) is 0.295. The van der Waals surface area contributed by atoms with E-state index < -0.39 is 10.0 Å². The van der Waals surface area contributed by atoms with E-state index in [2.05, 4.69) is 15.0 Å². The summed E-state index contributed by atoms with van der Waals surface area (Å²) in [6.45, 7) is 3.51. The van der Waals surface area contributed by atoms with Crippen molar-refractivity contribution in [1.29, 1.82) is 0 Å². The van der Waals surface area contributed by atoms with Gasteiger partial charge in [0.25, 0.3) is 0 Å². The van der Waals surface area contributed by atoms with Gasteiger partial charge in [0.05, 0.1) is 6.20 Å². The molecule has 2 heterocycles. The number of nitrogens with one attached hydrogen (secondary N) is 1. The van der Waals surface area contributed by atoms with Crippen LogP contribution in [0.4, 0.5) is 0 Å². The Kier molecular flexibility index (Phi) is 4.01. The Bertz CT molecular complexity index is 611. The number of hydrogen-bond donors (Lipinski definition) is 1. The molecule has 0 saturated carbocycles. The maximum atomic E-state index is 12.1. The van der Waals surface area contributed by atoms with Crippen LogP contribution < -0.4 is 4.72 Å². The fourth-order valence-corrected chi connectivity index (χ4v) is 3.18. The molecule has 0 aliphatic rings. The minimum atomic E-state index is -3.56. The summed E-state index contributed by atoms with van der Waals surface area (Å²) in [6.07, 6.45) is 4.52. The highest BCUT2D eigenvalue weighted by molar-refractivity contribution is 7.89. The predicted octanol–water partition coefficient (Wildman–Crippen LogP) is 1.19. The van der Waals surface area contributed by atoms with Gasteiger partial charge in [-0.15, -0.1) is 0 Å². The van der Waals surface area contributed by atoms with Crippen molar-refractivity contribution in [3.63, 3.8) is 0 Å². The minimum absolute atomic E-state index is 0.123. The summed E-state index contributed by atoms with van der Waals surface area (Å²) in [6, 6.07) is 0. The van der Waals surface area contributed by atoms with Crippen LogP contribution >= 0.6 is 0 Å². The molecule has 2 rings (SSSR count). The van der Waals surface area contributed by atoms with E-state index in [9.17, 15) is 8.42 Å². The highest BCUT2D eigenvalue weighted by Crippen LogP contribution is 2.18. The molecule has 0 saturated heterocycles. The van der Waals surface area contributed by atoms with Crippen LogP contribution in [0.25, 0.3) is 0 Å². The zero-order chi connectivity index (χ0) is 13.9. The summed E-state index contributed by atoms with van der Waals surface area (Å²) in [4.78, 5) is 0.123. The molecule has 0 unspecified atom stereocenters. The van der Waals surface area contributed by atoms with Crippen molar-refractivity contribution < 1.29 is 17.5 Å². The Morgan fingerprint density at radius 1 is 1.37 bits per heavy atom. The van der Waals surface area contributed by atoms with E-state index in [1.165, 1.54) is 0 Å². The molecule has 104 valence electrons. The smallest absolute Gasteiger partial charge is 0.245 e. The summed E-state index contributed by atoms with van der Waals surface area (Å²) < 4.78 is 36.2. The molecule has 0 spiro atoms. The molecule has 19 heavy (non-hydrogen) atoms. The summed E-state index contributed by atoms with van der Waals surface area (Å²) in [7, 11) is -3.56. The fourth-order valence-electron chi connectivity index (χ4n) is 1.78. The summed E-state index contributed by atoms with van der Waals surface area (Å²) >= 11 is 0. The van der Waals surface area contributed by atoms with Crippen molar-refractivity contribution >= 4 is 10.0 Å². The van der Waals surface area contributed by atoms with Crippen LogP contribution in [0.1, 0.15) is 23.4 Å². The monoisotopic (exact) mass is 285 g/mol. The van der Waals surface area contributed by atoms with Crippen LogP contribution in [0, 0.1) is 13.8 Å². The Balaban J connectivity index is 1.92. The lowest BCUT2D eigenvalue weighted by Crippen LogP contribution is -2.26. The van der Waals surface area contributed by atoms with E-state index >= 15 is 0 Å². The molecule has 2 aromatic heterocycles. The zero-order valence-electron chi connectivity index (χ0n) is 10.7. The number of aryl methyl sites for hydroxylation is 3. The van der Waals surface area contributed by atoms with Gasteiger partial charge >= 0.3 is 0 Å². The van der Waals surface area contributed by atoms with Gasteiger partial charge in [-0.05, 0) is 26.7 Å². The van der Waals surface area contributed by atoms with Crippen molar-refractivity contribution in [3.05, 3.63) is 29.5 Å². The van der Waals surface area contributed by atoms with Gasteiger partial charge in [-0.2, -0.15) is 0 Å². The van der Waals surface area contributed by atoms with Crippen LogP contribution in [0.2, 0.25) is 0 Å². The quantitative estimate of drug-likeness (QED) is 0.800. The average molecular weight is 285 g/mol. The molecule has 0 amide bonds. The fraction of sp³-hybridized carbons (Fsp3) is 0.455. The second kappa shape index (κ2) is 5.54. The molecule has 0 bridgehead atoms. The van der Waals surface area contributed by atoms with E-state index in [0.717, 1.165) is 5.56 Å². The third-order valence-corrected chi connectivity index (χ3v) is 4.36. The minimum Gasteiger partial charge on any atom is -0.364 e. The molecule has 0 radical (unpaired) electrons. The molecule has 0 atom stereocenters. The van der Waals surface area contributed by atoms with Gasteiger partial charge in [0.2, 0.25) is 10.0 Å². The maximum Gasteiger partial charge on any atom is 0.245 e. The van der Waals surface area contributed by atoms with Gasteiger partial charge in [0, 0.05) is 12.1 Å². The molecule has 7 nitrogen and oxygen atoms in total. The lowest BCUT2D eigenvalue weighted by atomic mass is 10.2. The van der Waals surface area contributed by atoms with E-state index in [1.54, 1.807) is 26.3 Å². The zero-order valence-corrected chi connectivity index (χ0v) is 11.5. The first kappa shape index (κ1) is 13.8. The molecular formula is C11H15N3O4S. The number of aromatic nitrogens is 2. The van der Waals surface area contributed by atoms with Crippen LogP contribution in [0.3, 0.4) is 0 Å². The molecular weight excluding hydrogens is 270 g/mol. The average Bonchev–Trinajstić information content (AvgIpc) is 2.95. The van der Waals surface area contributed by atoms with Gasteiger partial charge in [0.15, 0.2) is 5.76 Å². The molecule has 1 N–H and O–H groups in total. The third-order valence-electron chi connectivity index (χ3n) is 2.65. The van der Waals surface area contributed by atoms with E-state index in [-0.39, 0.29) is 4.90 Å². The van der Waals surface area contributed by atoms with Gasteiger partial charge in [-0.25, -0.2) is 13.1 Å². The SMILES string of the molecule is Cc1noc(C)c1S(=O)(=O)NCCCc1cnoc1. The highest BCUT2D eigenvalue weighted by Gasteiger charge is 2.23. The van der Waals surface area contributed by atoms with Crippen molar-refractivity contribution in [2.75, 3.05) is 6.54 Å². The number of nitrogens with zero attached hydrogens (tertiary/aromatic N) is 2.